The summed E-state index contributed by atoms with van der Waals surface area (Å²) in [6.45, 7) is 3.72. The second kappa shape index (κ2) is 6.07. The first-order valence-electron chi connectivity index (χ1n) is 5.84. The minimum atomic E-state index is 0.292. The summed E-state index contributed by atoms with van der Waals surface area (Å²) in [5.74, 6) is 1.94. The minimum Gasteiger partial charge on any atom is -0.381 e. The van der Waals surface area contributed by atoms with Crippen LogP contribution in [0.15, 0.2) is 17.6 Å². The SMILES string of the molecule is Cc1cnc(SCC2(CS)CCOCC2)nc1. The zero-order valence-corrected chi connectivity index (χ0v) is 11.8. The van der Waals surface area contributed by atoms with E-state index in [1.54, 1.807) is 11.8 Å². The molecule has 0 spiro atoms. The molecule has 5 heteroatoms. The number of thiol groups is 1. The number of hydrogen-bond acceptors (Lipinski definition) is 5. The first-order valence-corrected chi connectivity index (χ1v) is 7.46. The van der Waals surface area contributed by atoms with Crippen LogP contribution in [0.3, 0.4) is 0 Å². The first-order chi connectivity index (χ1) is 8.24. The Morgan fingerprint density at radius 2 is 2.00 bits per heavy atom. The van der Waals surface area contributed by atoms with Crippen molar-refractivity contribution in [2.45, 2.75) is 24.9 Å². The summed E-state index contributed by atoms with van der Waals surface area (Å²) in [6, 6.07) is 0. The van der Waals surface area contributed by atoms with Gasteiger partial charge in [-0.25, -0.2) is 9.97 Å². The number of nitrogens with zero attached hydrogens (tertiary/aromatic N) is 2. The van der Waals surface area contributed by atoms with Crippen molar-refractivity contribution in [3.63, 3.8) is 0 Å². The molecule has 1 aliphatic rings. The van der Waals surface area contributed by atoms with Gasteiger partial charge in [0.2, 0.25) is 0 Å². The van der Waals surface area contributed by atoms with E-state index in [1.807, 2.05) is 19.3 Å². The lowest BCUT2D eigenvalue weighted by atomic mass is 9.84. The van der Waals surface area contributed by atoms with Gasteiger partial charge in [-0.2, -0.15) is 12.6 Å². The van der Waals surface area contributed by atoms with Crippen molar-refractivity contribution < 1.29 is 4.74 Å². The quantitative estimate of drug-likeness (QED) is 0.518. The number of hydrogen-bond donors (Lipinski definition) is 1. The predicted molar refractivity (Wildman–Crippen MR) is 73.8 cm³/mol. The lowest BCUT2D eigenvalue weighted by Gasteiger charge is -2.35. The molecule has 0 bridgehead atoms. The van der Waals surface area contributed by atoms with Crippen molar-refractivity contribution >= 4 is 24.4 Å². The molecule has 3 nitrogen and oxygen atoms in total. The summed E-state index contributed by atoms with van der Waals surface area (Å²) >= 11 is 6.23. The number of aromatic nitrogens is 2. The smallest absolute Gasteiger partial charge is 0.187 e. The highest BCUT2D eigenvalue weighted by molar-refractivity contribution is 7.99. The van der Waals surface area contributed by atoms with Crippen LogP contribution in [0.4, 0.5) is 0 Å². The van der Waals surface area contributed by atoms with Crippen molar-refractivity contribution in [3.8, 4) is 0 Å². The van der Waals surface area contributed by atoms with Crippen LogP contribution in [0.2, 0.25) is 0 Å². The van der Waals surface area contributed by atoms with Crippen molar-refractivity contribution in [2.75, 3.05) is 24.7 Å². The van der Waals surface area contributed by atoms with Gasteiger partial charge in [-0.05, 0) is 36.5 Å². The Hall–Kier alpha value is -0.260. The molecule has 0 unspecified atom stereocenters. The number of rotatable bonds is 4. The average Bonchev–Trinajstić information content (AvgIpc) is 2.39. The molecule has 1 aromatic rings. The Kier molecular flexibility index (Phi) is 4.70. The molecule has 0 aliphatic carbocycles. The van der Waals surface area contributed by atoms with Crippen LogP contribution in [-0.4, -0.2) is 34.7 Å². The van der Waals surface area contributed by atoms with Gasteiger partial charge in [-0.15, -0.1) is 0 Å². The third-order valence-corrected chi connectivity index (χ3v) is 5.05. The van der Waals surface area contributed by atoms with E-state index < -0.39 is 0 Å². The molecule has 1 fully saturated rings. The minimum absolute atomic E-state index is 0.292. The van der Waals surface area contributed by atoms with Crippen LogP contribution in [0.25, 0.3) is 0 Å². The van der Waals surface area contributed by atoms with E-state index >= 15 is 0 Å². The Morgan fingerprint density at radius 1 is 1.35 bits per heavy atom. The molecule has 1 saturated heterocycles. The fourth-order valence-electron chi connectivity index (χ4n) is 1.83. The van der Waals surface area contributed by atoms with Crippen LogP contribution in [0.1, 0.15) is 18.4 Å². The highest BCUT2D eigenvalue weighted by Gasteiger charge is 2.31. The molecule has 2 rings (SSSR count). The molecule has 1 aliphatic heterocycles. The summed E-state index contributed by atoms with van der Waals surface area (Å²) in [7, 11) is 0. The van der Waals surface area contributed by atoms with Crippen LogP contribution < -0.4 is 0 Å². The van der Waals surface area contributed by atoms with Gasteiger partial charge < -0.3 is 4.74 Å². The molecule has 0 saturated carbocycles. The van der Waals surface area contributed by atoms with Crippen LogP contribution in [0, 0.1) is 12.3 Å². The lowest BCUT2D eigenvalue weighted by Crippen LogP contribution is -2.33. The highest BCUT2D eigenvalue weighted by Crippen LogP contribution is 2.36. The molecule has 2 heterocycles. The Bertz CT molecular complexity index is 350. The van der Waals surface area contributed by atoms with E-state index in [1.165, 1.54) is 0 Å². The largest absolute Gasteiger partial charge is 0.381 e. The molecule has 94 valence electrons. The molecular formula is C12H18N2OS2. The van der Waals surface area contributed by atoms with E-state index in [9.17, 15) is 0 Å². The van der Waals surface area contributed by atoms with Gasteiger partial charge in [-0.3, -0.25) is 0 Å². The first kappa shape index (κ1) is 13.2. The fourth-order valence-corrected chi connectivity index (χ4v) is 3.49. The monoisotopic (exact) mass is 270 g/mol. The summed E-state index contributed by atoms with van der Waals surface area (Å²) in [6.07, 6.45) is 5.92. The van der Waals surface area contributed by atoms with Gasteiger partial charge >= 0.3 is 0 Å². The van der Waals surface area contributed by atoms with E-state index in [4.69, 9.17) is 4.74 Å². The topological polar surface area (TPSA) is 35.0 Å². The van der Waals surface area contributed by atoms with Crippen molar-refractivity contribution in [1.29, 1.82) is 0 Å². The second-order valence-corrected chi connectivity index (χ2v) is 5.86. The zero-order chi connectivity index (χ0) is 12.1. The summed E-state index contributed by atoms with van der Waals surface area (Å²) in [4.78, 5) is 8.65. The molecule has 0 amide bonds. The third-order valence-electron chi connectivity index (χ3n) is 3.15. The normalized spacial score (nSPS) is 19.2. The molecule has 1 aromatic heterocycles. The van der Waals surface area contributed by atoms with Crippen molar-refractivity contribution in [2.24, 2.45) is 5.41 Å². The van der Waals surface area contributed by atoms with E-state index in [0.717, 1.165) is 48.3 Å². The second-order valence-electron chi connectivity index (χ2n) is 4.60. The van der Waals surface area contributed by atoms with Gasteiger partial charge in [0.1, 0.15) is 0 Å². The fraction of sp³-hybridized carbons (Fsp3) is 0.667. The molecule has 17 heavy (non-hydrogen) atoms. The molecular weight excluding hydrogens is 252 g/mol. The van der Waals surface area contributed by atoms with E-state index in [-0.39, 0.29) is 0 Å². The van der Waals surface area contributed by atoms with Crippen LogP contribution >= 0.6 is 24.4 Å². The average molecular weight is 270 g/mol. The summed E-state index contributed by atoms with van der Waals surface area (Å²) in [5.41, 5.74) is 1.39. The van der Waals surface area contributed by atoms with Crippen LogP contribution in [0.5, 0.6) is 0 Å². The van der Waals surface area contributed by atoms with Crippen molar-refractivity contribution in [3.05, 3.63) is 18.0 Å². The molecule has 0 aromatic carbocycles. The number of thioether (sulfide) groups is 1. The van der Waals surface area contributed by atoms with Gasteiger partial charge in [0, 0.05) is 31.4 Å². The van der Waals surface area contributed by atoms with Crippen molar-refractivity contribution in [1.82, 2.24) is 9.97 Å². The predicted octanol–water partition coefficient (Wildman–Crippen LogP) is 2.60. The molecule has 0 N–H and O–H groups in total. The van der Waals surface area contributed by atoms with Gasteiger partial charge in [0.25, 0.3) is 0 Å². The van der Waals surface area contributed by atoms with Crippen LogP contribution in [-0.2, 0) is 4.74 Å². The lowest BCUT2D eigenvalue weighted by molar-refractivity contribution is 0.0371. The van der Waals surface area contributed by atoms with E-state index in [2.05, 4.69) is 22.6 Å². The van der Waals surface area contributed by atoms with Gasteiger partial charge in [-0.1, -0.05) is 11.8 Å². The molecule has 0 atom stereocenters. The third kappa shape index (κ3) is 3.60. The molecule has 0 radical (unpaired) electrons. The Morgan fingerprint density at radius 3 is 2.59 bits per heavy atom. The summed E-state index contributed by atoms with van der Waals surface area (Å²) in [5, 5.41) is 0.864. The maximum absolute atomic E-state index is 5.42. The maximum atomic E-state index is 5.42. The highest BCUT2D eigenvalue weighted by atomic mass is 32.2. The van der Waals surface area contributed by atoms with Gasteiger partial charge in [0.15, 0.2) is 5.16 Å². The summed E-state index contributed by atoms with van der Waals surface area (Å²) < 4.78 is 5.42. The van der Waals surface area contributed by atoms with E-state index in [0.29, 0.717) is 5.41 Å². The number of aryl methyl sites for hydroxylation is 1. The maximum Gasteiger partial charge on any atom is 0.187 e. The Labute approximate surface area is 112 Å². The standard InChI is InChI=1S/C12H18N2OS2/c1-10-6-13-11(14-7-10)17-9-12(8-16)2-4-15-5-3-12/h6-7,16H,2-5,8-9H2,1H3. The van der Waals surface area contributed by atoms with Gasteiger partial charge in [0.05, 0.1) is 0 Å². The number of ether oxygens (including phenoxy) is 1. The Balaban J connectivity index is 1.93. The zero-order valence-electron chi connectivity index (χ0n) is 10.1.